The van der Waals surface area contributed by atoms with E-state index in [2.05, 4.69) is 34.2 Å². The minimum Gasteiger partial charge on any atom is -0.379 e. The van der Waals surface area contributed by atoms with Crippen molar-refractivity contribution in [3.63, 3.8) is 0 Å². The molecule has 180 valence electrons. The van der Waals surface area contributed by atoms with Crippen LogP contribution >= 0.6 is 11.3 Å². The molecule has 6 nitrogen and oxygen atoms in total. The van der Waals surface area contributed by atoms with Crippen LogP contribution in [0.15, 0.2) is 69.9 Å². The van der Waals surface area contributed by atoms with Crippen molar-refractivity contribution in [1.29, 1.82) is 0 Å². The van der Waals surface area contributed by atoms with Crippen molar-refractivity contribution in [3.8, 4) is 11.3 Å². The van der Waals surface area contributed by atoms with Crippen molar-refractivity contribution in [2.45, 2.75) is 43.5 Å². The third-order valence-electron chi connectivity index (χ3n) is 6.70. The van der Waals surface area contributed by atoms with Gasteiger partial charge in [-0.1, -0.05) is 49.6 Å². The van der Waals surface area contributed by atoms with E-state index in [0.717, 1.165) is 17.0 Å². The van der Waals surface area contributed by atoms with E-state index in [9.17, 15) is 8.42 Å². The van der Waals surface area contributed by atoms with Gasteiger partial charge in [0.25, 0.3) is 0 Å². The number of ether oxygens (including phenoxy) is 1. The zero-order valence-electron chi connectivity index (χ0n) is 19.3. The first-order valence-corrected chi connectivity index (χ1v) is 14.4. The van der Waals surface area contributed by atoms with E-state index in [-0.39, 0.29) is 0 Å². The maximum atomic E-state index is 12.9. The SMILES string of the molecule is O=S(=O)(c1ccc(N=c2scc(-c3ccccc3)n2CC2CCCCC2)cc1)N1CCOCC1. The number of morpholine rings is 1. The molecule has 34 heavy (non-hydrogen) atoms. The van der Waals surface area contributed by atoms with E-state index < -0.39 is 10.0 Å². The van der Waals surface area contributed by atoms with Gasteiger partial charge < -0.3 is 9.30 Å². The van der Waals surface area contributed by atoms with Gasteiger partial charge in [0.15, 0.2) is 4.80 Å². The highest BCUT2D eigenvalue weighted by Gasteiger charge is 2.26. The van der Waals surface area contributed by atoms with Crippen LogP contribution < -0.4 is 4.80 Å². The number of nitrogens with zero attached hydrogens (tertiary/aromatic N) is 3. The summed E-state index contributed by atoms with van der Waals surface area (Å²) in [6, 6.07) is 17.4. The van der Waals surface area contributed by atoms with Gasteiger partial charge >= 0.3 is 0 Å². The number of benzene rings is 2. The fourth-order valence-corrected chi connectivity index (χ4v) is 7.15. The second kappa shape index (κ2) is 10.6. The highest BCUT2D eigenvalue weighted by Crippen LogP contribution is 2.28. The largest absolute Gasteiger partial charge is 0.379 e. The van der Waals surface area contributed by atoms with Crippen molar-refractivity contribution < 1.29 is 13.2 Å². The highest BCUT2D eigenvalue weighted by atomic mass is 32.2. The first kappa shape index (κ1) is 23.5. The van der Waals surface area contributed by atoms with Gasteiger partial charge in [0, 0.05) is 25.0 Å². The van der Waals surface area contributed by atoms with E-state index in [4.69, 9.17) is 9.73 Å². The molecule has 1 saturated carbocycles. The Bertz CT molecular complexity index is 1250. The quantitative estimate of drug-likeness (QED) is 0.479. The van der Waals surface area contributed by atoms with Crippen molar-refractivity contribution in [2.75, 3.05) is 26.3 Å². The number of hydrogen-bond donors (Lipinski definition) is 0. The van der Waals surface area contributed by atoms with Crippen LogP contribution in [0.1, 0.15) is 32.1 Å². The van der Waals surface area contributed by atoms with Gasteiger partial charge in [-0.3, -0.25) is 0 Å². The first-order chi connectivity index (χ1) is 16.6. The first-order valence-electron chi connectivity index (χ1n) is 12.1. The third-order valence-corrected chi connectivity index (χ3v) is 9.48. The van der Waals surface area contributed by atoms with Gasteiger partial charge in [-0.25, -0.2) is 13.4 Å². The summed E-state index contributed by atoms with van der Waals surface area (Å²) in [6.07, 6.45) is 6.49. The summed E-state index contributed by atoms with van der Waals surface area (Å²) in [5.74, 6) is 0.672. The van der Waals surface area contributed by atoms with Crippen LogP contribution in [-0.2, 0) is 21.3 Å². The van der Waals surface area contributed by atoms with Crippen molar-refractivity contribution in [1.82, 2.24) is 8.87 Å². The molecule has 0 atom stereocenters. The van der Waals surface area contributed by atoms with E-state index in [0.29, 0.717) is 37.1 Å². The van der Waals surface area contributed by atoms with Gasteiger partial charge in [-0.15, -0.1) is 11.3 Å². The molecule has 8 heteroatoms. The van der Waals surface area contributed by atoms with E-state index in [1.807, 2.05) is 6.07 Å². The normalized spacial score (nSPS) is 18.9. The minimum absolute atomic E-state index is 0.305. The van der Waals surface area contributed by atoms with Crippen molar-refractivity contribution >= 4 is 27.0 Å². The lowest BCUT2D eigenvalue weighted by atomic mass is 9.89. The maximum absolute atomic E-state index is 12.9. The number of sulfonamides is 1. The summed E-state index contributed by atoms with van der Waals surface area (Å²) in [6.45, 7) is 2.64. The number of aromatic nitrogens is 1. The molecule has 5 rings (SSSR count). The highest BCUT2D eigenvalue weighted by molar-refractivity contribution is 7.89. The average Bonchev–Trinajstić information content (AvgIpc) is 3.28. The van der Waals surface area contributed by atoms with Crippen LogP contribution in [0.5, 0.6) is 0 Å². The predicted octanol–water partition coefficient (Wildman–Crippen LogP) is 5.05. The molecule has 1 aliphatic heterocycles. The Morgan fingerprint density at radius 2 is 1.65 bits per heavy atom. The molecule has 1 saturated heterocycles. The van der Waals surface area contributed by atoms with E-state index in [1.165, 1.54) is 47.7 Å². The molecule has 2 heterocycles. The number of hydrogen-bond acceptors (Lipinski definition) is 5. The van der Waals surface area contributed by atoms with Gasteiger partial charge in [0.2, 0.25) is 10.0 Å². The molecule has 0 N–H and O–H groups in total. The lowest BCUT2D eigenvalue weighted by molar-refractivity contribution is 0.0730. The molecular formula is C26H31N3O3S2. The summed E-state index contributed by atoms with van der Waals surface area (Å²) in [5, 5.41) is 2.19. The van der Waals surface area contributed by atoms with Crippen LogP contribution in [0, 0.1) is 5.92 Å². The molecule has 2 aromatic carbocycles. The van der Waals surface area contributed by atoms with Crippen LogP contribution in [0.25, 0.3) is 11.3 Å². The smallest absolute Gasteiger partial charge is 0.243 e. The summed E-state index contributed by atoms with van der Waals surface area (Å²) in [5.41, 5.74) is 3.16. The molecule has 0 spiro atoms. The zero-order chi connectivity index (χ0) is 23.4. The monoisotopic (exact) mass is 497 g/mol. The van der Waals surface area contributed by atoms with Crippen LogP contribution in [-0.4, -0.2) is 43.6 Å². The lowest BCUT2D eigenvalue weighted by Gasteiger charge is -2.26. The van der Waals surface area contributed by atoms with E-state index >= 15 is 0 Å². The fourth-order valence-electron chi connectivity index (χ4n) is 4.80. The van der Waals surface area contributed by atoms with Crippen LogP contribution in [0.4, 0.5) is 5.69 Å². The Kier molecular flexibility index (Phi) is 7.29. The van der Waals surface area contributed by atoms with Gasteiger partial charge in [-0.05, 0) is 48.6 Å². The second-order valence-electron chi connectivity index (χ2n) is 9.01. The molecule has 1 aliphatic carbocycles. The standard InChI is InChI=1S/C26H31N3O3S2/c30-34(31,28-15-17-32-18-16-28)24-13-11-23(12-14-24)27-26-29(19-21-7-3-1-4-8-21)25(20-33-26)22-9-5-2-6-10-22/h2,5-6,9-14,20-21H,1,3-4,7-8,15-19H2. The third kappa shape index (κ3) is 5.20. The van der Waals surface area contributed by atoms with Crippen LogP contribution in [0.3, 0.4) is 0 Å². The molecule has 0 radical (unpaired) electrons. The van der Waals surface area contributed by atoms with Gasteiger partial charge in [-0.2, -0.15) is 4.31 Å². The molecule has 0 unspecified atom stereocenters. The maximum Gasteiger partial charge on any atom is 0.243 e. The van der Waals surface area contributed by atoms with Crippen LogP contribution in [0.2, 0.25) is 0 Å². The summed E-state index contributed by atoms with van der Waals surface area (Å²) in [4.78, 5) is 6.20. The average molecular weight is 498 g/mol. The Hall–Kier alpha value is -2.26. The molecule has 0 amide bonds. The Balaban J connectivity index is 1.46. The predicted molar refractivity (Wildman–Crippen MR) is 136 cm³/mol. The molecular weight excluding hydrogens is 466 g/mol. The summed E-state index contributed by atoms with van der Waals surface area (Å²) < 4.78 is 35.0. The Labute approximate surface area is 205 Å². The van der Waals surface area contributed by atoms with Crippen molar-refractivity contribution in [2.24, 2.45) is 10.9 Å². The van der Waals surface area contributed by atoms with Gasteiger partial charge in [0.05, 0.1) is 29.5 Å². The van der Waals surface area contributed by atoms with Crippen molar-refractivity contribution in [3.05, 3.63) is 64.8 Å². The minimum atomic E-state index is -3.50. The zero-order valence-corrected chi connectivity index (χ0v) is 20.9. The molecule has 0 bridgehead atoms. The number of rotatable bonds is 6. The molecule has 2 fully saturated rings. The fraction of sp³-hybridized carbons (Fsp3) is 0.423. The van der Waals surface area contributed by atoms with E-state index in [1.54, 1.807) is 35.6 Å². The summed E-state index contributed by atoms with van der Waals surface area (Å²) >= 11 is 1.64. The second-order valence-corrected chi connectivity index (χ2v) is 11.8. The Morgan fingerprint density at radius 3 is 2.35 bits per heavy atom. The number of thiazole rings is 1. The summed E-state index contributed by atoms with van der Waals surface area (Å²) in [7, 11) is -3.50. The van der Waals surface area contributed by atoms with Gasteiger partial charge in [0.1, 0.15) is 0 Å². The molecule has 2 aliphatic rings. The molecule has 3 aromatic rings. The topological polar surface area (TPSA) is 63.9 Å². The molecule has 1 aromatic heterocycles. The Morgan fingerprint density at radius 1 is 0.941 bits per heavy atom. The lowest BCUT2D eigenvalue weighted by Crippen LogP contribution is -2.40.